The number of carbonyl (C=O) groups is 2. The van der Waals surface area contributed by atoms with Crippen molar-refractivity contribution < 1.29 is 9.59 Å². The van der Waals surface area contributed by atoms with Gasteiger partial charge in [0.1, 0.15) is 10.7 Å². The van der Waals surface area contributed by atoms with Gasteiger partial charge in [-0.15, -0.1) is 11.3 Å². The molecule has 1 aromatic heterocycles. The SMILES string of the molecule is CNC(=O)c1ccc(NC(=O)c2csc(-c3ccc(C(C)C)cc3)n2)cc1. The molecule has 2 N–H and O–H groups in total. The Morgan fingerprint density at radius 3 is 2.22 bits per heavy atom. The van der Waals surface area contributed by atoms with E-state index >= 15 is 0 Å². The summed E-state index contributed by atoms with van der Waals surface area (Å²) in [5.41, 5.74) is 3.80. The van der Waals surface area contributed by atoms with E-state index in [-0.39, 0.29) is 11.8 Å². The van der Waals surface area contributed by atoms with Gasteiger partial charge in [0, 0.05) is 29.2 Å². The van der Waals surface area contributed by atoms with Gasteiger partial charge >= 0.3 is 0 Å². The fourth-order valence-corrected chi connectivity index (χ4v) is 3.37. The molecule has 0 saturated heterocycles. The molecule has 5 nitrogen and oxygen atoms in total. The van der Waals surface area contributed by atoms with Crippen molar-refractivity contribution in [2.45, 2.75) is 19.8 Å². The molecule has 1 heterocycles. The van der Waals surface area contributed by atoms with E-state index in [0.29, 0.717) is 22.9 Å². The smallest absolute Gasteiger partial charge is 0.275 e. The van der Waals surface area contributed by atoms with Crippen molar-refractivity contribution >= 4 is 28.8 Å². The van der Waals surface area contributed by atoms with Crippen molar-refractivity contribution in [2.24, 2.45) is 0 Å². The van der Waals surface area contributed by atoms with Crippen LogP contribution in [-0.2, 0) is 0 Å². The summed E-state index contributed by atoms with van der Waals surface area (Å²) in [6.07, 6.45) is 0. The molecule has 2 amide bonds. The number of hydrogen-bond acceptors (Lipinski definition) is 4. The predicted octanol–water partition coefficient (Wildman–Crippen LogP) is 4.55. The lowest BCUT2D eigenvalue weighted by Gasteiger charge is -2.05. The van der Waals surface area contributed by atoms with Gasteiger partial charge in [0.15, 0.2) is 0 Å². The number of nitrogens with zero attached hydrogens (tertiary/aromatic N) is 1. The van der Waals surface area contributed by atoms with Gasteiger partial charge in [-0.2, -0.15) is 0 Å². The lowest BCUT2D eigenvalue weighted by atomic mass is 10.0. The molecule has 0 aliphatic heterocycles. The summed E-state index contributed by atoms with van der Waals surface area (Å²) in [6, 6.07) is 15.0. The molecule has 2 aromatic carbocycles. The van der Waals surface area contributed by atoms with E-state index in [4.69, 9.17) is 0 Å². The predicted molar refractivity (Wildman–Crippen MR) is 109 cm³/mol. The number of carbonyl (C=O) groups excluding carboxylic acids is 2. The number of benzene rings is 2. The number of nitrogens with one attached hydrogen (secondary N) is 2. The van der Waals surface area contributed by atoms with Gasteiger partial charge in [0.25, 0.3) is 11.8 Å². The first-order valence-corrected chi connectivity index (χ1v) is 9.55. The summed E-state index contributed by atoms with van der Waals surface area (Å²) in [6.45, 7) is 4.31. The van der Waals surface area contributed by atoms with Crippen LogP contribution in [0.3, 0.4) is 0 Å². The second-order valence-corrected chi connectivity index (χ2v) is 7.28. The number of aromatic nitrogens is 1. The maximum atomic E-state index is 12.4. The van der Waals surface area contributed by atoms with Crippen LogP contribution in [0.4, 0.5) is 5.69 Å². The number of rotatable bonds is 5. The first-order valence-electron chi connectivity index (χ1n) is 8.67. The summed E-state index contributed by atoms with van der Waals surface area (Å²) >= 11 is 1.44. The molecular weight excluding hydrogens is 358 g/mol. The van der Waals surface area contributed by atoms with Crippen molar-refractivity contribution in [1.82, 2.24) is 10.3 Å². The second-order valence-electron chi connectivity index (χ2n) is 6.43. The standard InChI is InChI=1S/C21H21N3O2S/c1-13(2)14-4-6-16(7-5-14)21-24-18(12-27-21)20(26)23-17-10-8-15(9-11-17)19(25)22-3/h4-13H,1-3H3,(H,22,25)(H,23,26). The van der Waals surface area contributed by atoms with Crippen LogP contribution < -0.4 is 10.6 Å². The molecule has 27 heavy (non-hydrogen) atoms. The van der Waals surface area contributed by atoms with E-state index in [0.717, 1.165) is 10.6 Å². The Balaban J connectivity index is 1.70. The van der Waals surface area contributed by atoms with E-state index in [2.05, 4.69) is 41.6 Å². The van der Waals surface area contributed by atoms with Crippen LogP contribution in [0.15, 0.2) is 53.9 Å². The zero-order valence-corrected chi connectivity index (χ0v) is 16.3. The molecule has 0 fully saturated rings. The number of amides is 2. The van der Waals surface area contributed by atoms with E-state index in [1.54, 1.807) is 36.7 Å². The van der Waals surface area contributed by atoms with Crippen LogP contribution in [0.2, 0.25) is 0 Å². The largest absolute Gasteiger partial charge is 0.355 e. The Kier molecular flexibility index (Phi) is 5.66. The average Bonchev–Trinajstić information content (AvgIpc) is 3.18. The van der Waals surface area contributed by atoms with Crippen LogP contribution in [0.5, 0.6) is 0 Å². The number of anilines is 1. The van der Waals surface area contributed by atoms with E-state index in [1.165, 1.54) is 16.9 Å². The molecule has 0 unspecified atom stereocenters. The molecule has 3 aromatic rings. The molecule has 6 heteroatoms. The summed E-state index contributed by atoms with van der Waals surface area (Å²) in [5, 5.41) is 7.93. The molecular formula is C21H21N3O2S. The summed E-state index contributed by atoms with van der Waals surface area (Å²) in [4.78, 5) is 28.4. The highest BCUT2D eigenvalue weighted by Crippen LogP contribution is 2.26. The molecule has 0 aliphatic carbocycles. The van der Waals surface area contributed by atoms with Gasteiger partial charge in [-0.25, -0.2) is 4.98 Å². The van der Waals surface area contributed by atoms with Crippen LogP contribution in [-0.4, -0.2) is 23.8 Å². The highest BCUT2D eigenvalue weighted by Gasteiger charge is 2.13. The molecule has 0 atom stereocenters. The van der Waals surface area contributed by atoms with Gasteiger partial charge in [0.2, 0.25) is 0 Å². The van der Waals surface area contributed by atoms with E-state index in [9.17, 15) is 9.59 Å². The van der Waals surface area contributed by atoms with Crippen LogP contribution in [0.25, 0.3) is 10.6 Å². The summed E-state index contributed by atoms with van der Waals surface area (Å²) in [7, 11) is 1.58. The van der Waals surface area contributed by atoms with Gasteiger partial charge in [-0.05, 0) is 35.7 Å². The molecule has 0 aliphatic rings. The zero-order valence-electron chi connectivity index (χ0n) is 15.4. The molecule has 0 bridgehead atoms. The van der Waals surface area contributed by atoms with Gasteiger partial charge < -0.3 is 10.6 Å². The fraction of sp³-hybridized carbons (Fsp3) is 0.190. The third kappa shape index (κ3) is 4.41. The molecule has 0 radical (unpaired) electrons. The maximum Gasteiger partial charge on any atom is 0.275 e. The Morgan fingerprint density at radius 2 is 1.63 bits per heavy atom. The van der Waals surface area contributed by atoms with Crippen molar-refractivity contribution in [3.8, 4) is 10.6 Å². The van der Waals surface area contributed by atoms with Gasteiger partial charge in [-0.3, -0.25) is 9.59 Å². The minimum Gasteiger partial charge on any atom is -0.355 e. The van der Waals surface area contributed by atoms with Crippen LogP contribution >= 0.6 is 11.3 Å². The lowest BCUT2D eigenvalue weighted by molar-refractivity contribution is 0.0962. The van der Waals surface area contributed by atoms with Crippen LogP contribution in [0, 0.1) is 0 Å². The second kappa shape index (κ2) is 8.14. The van der Waals surface area contributed by atoms with E-state index in [1.807, 2.05) is 12.1 Å². The Hall–Kier alpha value is -2.99. The first kappa shape index (κ1) is 18.8. The van der Waals surface area contributed by atoms with Crippen molar-refractivity contribution in [1.29, 1.82) is 0 Å². The highest BCUT2D eigenvalue weighted by molar-refractivity contribution is 7.13. The Morgan fingerprint density at radius 1 is 0.963 bits per heavy atom. The van der Waals surface area contributed by atoms with Crippen LogP contribution in [0.1, 0.15) is 46.2 Å². The fourth-order valence-electron chi connectivity index (χ4n) is 2.57. The average molecular weight is 379 g/mol. The normalized spacial score (nSPS) is 10.7. The third-order valence-electron chi connectivity index (χ3n) is 4.19. The maximum absolute atomic E-state index is 12.4. The van der Waals surface area contributed by atoms with Crippen molar-refractivity contribution in [2.75, 3.05) is 12.4 Å². The lowest BCUT2D eigenvalue weighted by Crippen LogP contribution is -2.18. The summed E-state index contributed by atoms with van der Waals surface area (Å²) in [5.74, 6) is 0.0379. The quantitative estimate of drug-likeness (QED) is 0.683. The third-order valence-corrected chi connectivity index (χ3v) is 5.08. The van der Waals surface area contributed by atoms with E-state index < -0.39 is 0 Å². The Labute approximate surface area is 162 Å². The Bertz CT molecular complexity index is 944. The van der Waals surface area contributed by atoms with Gasteiger partial charge in [0.05, 0.1) is 0 Å². The minimum absolute atomic E-state index is 0.166. The highest BCUT2D eigenvalue weighted by atomic mass is 32.1. The van der Waals surface area contributed by atoms with Crippen molar-refractivity contribution in [3.63, 3.8) is 0 Å². The topological polar surface area (TPSA) is 71.1 Å². The minimum atomic E-state index is -0.274. The molecule has 138 valence electrons. The van der Waals surface area contributed by atoms with Gasteiger partial charge in [-0.1, -0.05) is 38.1 Å². The summed E-state index contributed by atoms with van der Waals surface area (Å²) < 4.78 is 0. The molecule has 3 rings (SSSR count). The molecule has 0 spiro atoms. The zero-order chi connectivity index (χ0) is 19.4. The number of hydrogen-bond donors (Lipinski definition) is 2. The molecule has 0 saturated carbocycles. The van der Waals surface area contributed by atoms with Crippen molar-refractivity contribution in [3.05, 3.63) is 70.7 Å². The number of thiazole rings is 1. The first-order chi connectivity index (χ1) is 13.0. The monoisotopic (exact) mass is 379 g/mol.